The van der Waals surface area contributed by atoms with Gasteiger partial charge in [0.2, 0.25) is 5.91 Å². The molecule has 0 spiro atoms. The molecule has 1 amide bonds. The van der Waals surface area contributed by atoms with E-state index in [0.717, 1.165) is 12.2 Å². The molecule has 0 atom stereocenters. The largest absolute Gasteiger partial charge is 0.494 e. The number of nitrogens with two attached hydrogens (primary N) is 1. The molecule has 0 bridgehead atoms. The van der Waals surface area contributed by atoms with Crippen LogP contribution in [0.15, 0.2) is 24.3 Å². The van der Waals surface area contributed by atoms with Crippen molar-refractivity contribution >= 4 is 5.91 Å². The number of carbonyl (C=O) groups is 1. The first-order valence-corrected chi connectivity index (χ1v) is 5.12. The topological polar surface area (TPSA) is 52.3 Å². The minimum atomic E-state index is -0.413. The molecule has 0 unspecified atom stereocenters. The summed E-state index contributed by atoms with van der Waals surface area (Å²) in [6.45, 7) is 5.01. The summed E-state index contributed by atoms with van der Waals surface area (Å²) >= 11 is 0. The molecular formula is C12H17NO2. The van der Waals surface area contributed by atoms with Crippen LogP contribution in [0.3, 0.4) is 0 Å². The van der Waals surface area contributed by atoms with Gasteiger partial charge in [0, 0.05) is 5.56 Å². The van der Waals surface area contributed by atoms with Crippen LogP contribution in [0.25, 0.3) is 0 Å². The second kappa shape index (κ2) is 5.39. The second-order valence-corrected chi connectivity index (χ2v) is 3.92. The van der Waals surface area contributed by atoms with Gasteiger partial charge in [-0.3, -0.25) is 4.79 Å². The maximum atomic E-state index is 10.8. The summed E-state index contributed by atoms with van der Waals surface area (Å²) in [5.74, 6) is 0.999. The number of hydrogen-bond donors (Lipinski definition) is 1. The molecule has 0 aliphatic carbocycles. The summed E-state index contributed by atoms with van der Waals surface area (Å²) in [5, 5.41) is 0. The summed E-state index contributed by atoms with van der Waals surface area (Å²) in [4.78, 5) is 10.8. The Balaban J connectivity index is 2.46. The molecular weight excluding hydrogens is 190 g/mol. The fourth-order valence-electron chi connectivity index (χ4n) is 1.13. The highest BCUT2D eigenvalue weighted by Crippen LogP contribution is 2.12. The summed E-state index contributed by atoms with van der Waals surface area (Å²) in [5.41, 5.74) is 5.63. The zero-order chi connectivity index (χ0) is 11.3. The van der Waals surface area contributed by atoms with Crippen molar-refractivity contribution in [3.8, 4) is 5.75 Å². The van der Waals surface area contributed by atoms with E-state index in [4.69, 9.17) is 10.5 Å². The molecule has 3 nitrogen and oxygen atoms in total. The lowest BCUT2D eigenvalue weighted by Gasteiger charge is -2.07. The standard InChI is InChI=1S/C12H17NO2/c1-9(2)7-8-15-11-5-3-10(4-6-11)12(13)14/h3-6,9H,7-8H2,1-2H3,(H2,13,14). The SMILES string of the molecule is CC(C)CCOc1ccc(C(N)=O)cc1. The van der Waals surface area contributed by atoms with Crippen LogP contribution in [-0.4, -0.2) is 12.5 Å². The Morgan fingerprint density at radius 3 is 2.40 bits per heavy atom. The summed E-state index contributed by atoms with van der Waals surface area (Å²) in [7, 11) is 0. The van der Waals surface area contributed by atoms with E-state index >= 15 is 0 Å². The van der Waals surface area contributed by atoms with Crippen LogP contribution in [0, 0.1) is 5.92 Å². The first kappa shape index (κ1) is 11.6. The molecule has 3 heteroatoms. The van der Waals surface area contributed by atoms with Gasteiger partial charge in [0.1, 0.15) is 5.75 Å². The van der Waals surface area contributed by atoms with Crippen molar-refractivity contribution in [3.63, 3.8) is 0 Å². The fraction of sp³-hybridized carbons (Fsp3) is 0.417. The molecule has 15 heavy (non-hydrogen) atoms. The quantitative estimate of drug-likeness (QED) is 0.804. The van der Waals surface area contributed by atoms with Crippen molar-refractivity contribution in [3.05, 3.63) is 29.8 Å². The number of rotatable bonds is 5. The average Bonchev–Trinajstić information content (AvgIpc) is 2.18. The lowest BCUT2D eigenvalue weighted by atomic mass is 10.1. The maximum absolute atomic E-state index is 10.8. The smallest absolute Gasteiger partial charge is 0.248 e. The van der Waals surface area contributed by atoms with E-state index in [9.17, 15) is 4.79 Å². The van der Waals surface area contributed by atoms with Crippen LogP contribution in [0.5, 0.6) is 5.75 Å². The minimum absolute atomic E-state index is 0.413. The third-order valence-electron chi connectivity index (χ3n) is 2.10. The van der Waals surface area contributed by atoms with E-state index in [1.54, 1.807) is 24.3 Å². The van der Waals surface area contributed by atoms with Crippen molar-refractivity contribution in [2.75, 3.05) is 6.61 Å². The van der Waals surface area contributed by atoms with E-state index in [0.29, 0.717) is 18.1 Å². The molecule has 0 fully saturated rings. The lowest BCUT2D eigenvalue weighted by molar-refractivity contribution is 0.100. The van der Waals surface area contributed by atoms with Gasteiger partial charge in [-0.05, 0) is 36.6 Å². The highest BCUT2D eigenvalue weighted by molar-refractivity contribution is 5.92. The predicted molar refractivity (Wildman–Crippen MR) is 59.9 cm³/mol. The Hall–Kier alpha value is -1.51. The number of carbonyl (C=O) groups excluding carboxylic acids is 1. The van der Waals surface area contributed by atoms with Gasteiger partial charge in [-0.1, -0.05) is 13.8 Å². The molecule has 0 radical (unpaired) electrons. The second-order valence-electron chi connectivity index (χ2n) is 3.92. The van der Waals surface area contributed by atoms with Crippen LogP contribution in [0.2, 0.25) is 0 Å². The normalized spacial score (nSPS) is 10.3. The summed E-state index contributed by atoms with van der Waals surface area (Å²) in [6.07, 6.45) is 1.03. The van der Waals surface area contributed by atoms with Gasteiger partial charge in [0.15, 0.2) is 0 Å². The van der Waals surface area contributed by atoms with Crippen LogP contribution in [0.4, 0.5) is 0 Å². The first-order chi connectivity index (χ1) is 7.09. The van der Waals surface area contributed by atoms with E-state index in [2.05, 4.69) is 13.8 Å². The Morgan fingerprint density at radius 2 is 1.93 bits per heavy atom. The predicted octanol–water partition coefficient (Wildman–Crippen LogP) is 2.21. The summed E-state index contributed by atoms with van der Waals surface area (Å²) in [6, 6.07) is 6.88. The Kier molecular flexibility index (Phi) is 4.16. The third kappa shape index (κ3) is 4.02. The van der Waals surface area contributed by atoms with Crippen LogP contribution in [0.1, 0.15) is 30.6 Å². The average molecular weight is 207 g/mol. The zero-order valence-electron chi connectivity index (χ0n) is 9.19. The van der Waals surface area contributed by atoms with Crippen LogP contribution < -0.4 is 10.5 Å². The Bertz CT molecular complexity index is 317. The zero-order valence-corrected chi connectivity index (χ0v) is 9.19. The number of primary amides is 1. The van der Waals surface area contributed by atoms with Gasteiger partial charge in [-0.2, -0.15) is 0 Å². The monoisotopic (exact) mass is 207 g/mol. The molecule has 0 aliphatic heterocycles. The van der Waals surface area contributed by atoms with Crippen molar-refractivity contribution in [1.82, 2.24) is 0 Å². The van der Waals surface area contributed by atoms with Crippen molar-refractivity contribution in [2.24, 2.45) is 11.7 Å². The molecule has 1 aromatic carbocycles. The van der Waals surface area contributed by atoms with Crippen molar-refractivity contribution in [1.29, 1.82) is 0 Å². The van der Waals surface area contributed by atoms with Crippen molar-refractivity contribution in [2.45, 2.75) is 20.3 Å². The van der Waals surface area contributed by atoms with Crippen molar-refractivity contribution < 1.29 is 9.53 Å². The van der Waals surface area contributed by atoms with Gasteiger partial charge in [0.25, 0.3) is 0 Å². The van der Waals surface area contributed by atoms with E-state index in [1.807, 2.05) is 0 Å². The maximum Gasteiger partial charge on any atom is 0.248 e. The minimum Gasteiger partial charge on any atom is -0.494 e. The van der Waals surface area contributed by atoms with Gasteiger partial charge < -0.3 is 10.5 Å². The highest BCUT2D eigenvalue weighted by atomic mass is 16.5. The fourth-order valence-corrected chi connectivity index (χ4v) is 1.13. The highest BCUT2D eigenvalue weighted by Gasteiger charge is 2.00. The van der Waals surface area contributed by atoms with E-state index < -0.39 is 5.91 Å². The van der Waals surface area contributed by atoms with Crippen LogP contribution >= 0.6 is 0 Å². The molecule has 0 saturated carbocycles. The van der Waals surface area contributed by atoms with Crippen LogP contribution in [-0.2, 0) is 0 Å². The summed E-state index contributed by atoms with van der Waals surface area (Å²) < 4.78 is 5.50. The van der Waals surface area contributed by atoms with Gasteiger partial charge in [-0.15, -0.1) is 0 Å². The number of ether oxygens (including phenoxy) is 1. The molecule has 1 rings (SSSR count). The molecule has 82 valence electrons. The molecule has 2 N–H and O–H groups in total. The first-order valence-electron chi connectivity index (χ1n) is 5.12. The number of benzene rings is 1. The van der Waals surface area contributed by atoms with Gasteiger partial charge >= 0.3 is 0 Å². The molecule has 1 aromatic rings. The number of amides is 1. The number of hydrogen-bond acceptors (Lipinski definition) is 2. The molecule has 0 heterocycles. The van der Waals surface area contributed by atoms with E-state index in [-0.39, 0.29) is 0 Å². The molecule has 0 aliphatic rings. The molecule has 0 aromatic heterocycles. The Labute approximate surface area is 90.2 Å². The molecule has 0 saturated heterocycles. The van der Waals surface area contributed by atoms with Gasteiger partial charge in [-0.25, -0.2) is 0 Å². The lowest BCUT2D eigenvalue weighted by Crippen LogP contribution is -2.10. The van der Waals surface area contributed by atoms with Gasteiger partial charge in [0.05, 0.1) is 6.61 Å². The van der Waals surface area contributed by atoms with E-state index in [1.165, 1.54) is 0 Å². The third-order valence-corrected chi connectivity index (χ3v) is 2.10. The Morgan fingerprint density at radius 1 is 1.33 bits per heavy atom.